The Bertz CT molecular complexity index is 328. The maximum atomic E-state index is 11.9. The molecule has 0 saturated carbocycles. The quantitative estimate of drug-likeness (QED) is 0.170. The first kappa shape index (κ1) is 26.3. The molecule has 7 heteroatoms. The first-order valence-corrected chi connectivity index (χ1v) is 10.9. The van der Waals surface area contributed by atoms with Crippen molar-refractivity contribution in [1.82, 2.24) is 21.3 Å². The largest absolute Gasteiger partial charge is 0.355 e. The summed E-state index contributed by atoms with van der Waals surface area (Å²) < 4.78 is 0. The minimum absolute atomic E-state index is 0.0197. The van der Waals surface area contributed by atoms with Gasteiger partial charge in [0.15, 0.2) is 0 Å². The molecule has 1 amide bonds. The highest BCUT2D eigenvalue weighted by Crippen LogP contribution is 1.99. The third-order valence-electron chi connectivity index (χ3n) is 4.35. The van der Waals surface area contributed by atoms with Crippen LogP contribution in [0, 0.1) is 5.92 Å². The van der Waals surface area contributed by atoms with Crippen molar-refractivity contribution in [3.8, 4) is 0 Å². The molecule has 1 unspecified atom stereocenters. The van der Waals surface area contributed by atoms with Crippen LogP contribution in [0.1, 0.15) is 58.8 Å². The number of rotatable bonds is 20. The summed E-state index contributed by atoms with van der Waals surface area (Å²) in [6, 6.07) is -0.380. The summed E-state index contributed by atoms with van der Waals surface area (Å²) in [5.41, 5.74) is 11.4. The Morgan fingerprint density at radius 1 is 0.778 bits per heavy atom. The van der Waals surface area contributed by atoms with Crippen LogP contribution in [-0.4, -0.2) is 64.3 Å². The van der Waals surface area contributed by atoms with Crippen LogP contribution in [0.15, 0.2) is 0 Å². The van der Waals surface area contributed by atoms with Crippen LogP contribution in [0.5, 0.6) is 0 Å². The van der Waals surface area contributed by atoms with Crippen molar-refractivity contribution in [3.63, 3.8) is 0 Å². The molecule has 27 heavy (non-hydrogen) atoms. The number of nitrogens with two attached hydrogens (primary N) is 2. The fourth-order valence-corrected chi connectivity index (χ4v) is 2.67. The summed E-state index contributed by atoms with van der Waals surface area (Å²) in [7, 11) is 0. The molecular weight excluding hydrogens is 340 g/mol. The molecular formula is C20H46N6O. The number of carbonyl (C=O) groups is 1. The average Bonchev–Trinajstić information content (AvgIpc) is 2.64. The second-order valence-electron chi connectivity index (χ2n) is 7.69. The average molecular weight is 387 g/mol. The maximum Gasteiger partial charge on any atom is 0.236 e. The Labute approximate surface area is 167 Å². The van der Waals surface area contributed by atoms with E-state index in [-0.39, 0.29) is 11.9 Å². The molecule has 1 atom stereocenters. The summed E-state index contributed by atoms with van der Waals surface area (Å²) in [6.45, 7) is 11.9. The van der Waals surface area contributed by atoms with Gasteiger partial charge in [-0.15, -0.1) is 0 Å². The van der Waals surface area contributed by atoms with Gasteiger partial charge in [0.25, 0.3) is 0 Å². The Hall–Kier alpha value is -0.730. The van der Waals surface area contributed by atoms with E-state index < -0.39 is 0 Å². The molecule has 0 aliphatic rings. The van der Waals surface area contributed by atoms with Crippen molar-refractivity contribution in [2.75, 3.05) is 52.4 Å². The maximum absolute atomic E-state index is 11.9. The molecule has 0 bridgehead atoms. The molecule has 162 valence electrons. The molecule has 0 spiro atoms. The van der Waals surface area contributed by atoms with Gasteiger partial charge in [0.2, 0.25) is 5.91 Å². The van der Waals surface area contributed by atoms with Crippen LogP contribution in [0.25, 0.3) is 0 Å². The summed E-state index contributed by atoms with van der Waals surface area (Å²) in [5, 5.41) is 13.1. The van der Waals surface area contributed by atoms with Crippen molar-refractivity contribution in [3.05, 3.63) is 0 Å². The van der Waals surface area contributed by atoms with Gasteiger partial charge >= 0.3 is 0 Å². The van der Waals surface area contributed by atoms with E-state index in [2.05, 4.69) is 35.1 Å². The molecule has 0 rings (SSSR count). The lowest BCUT2D eigenvalue weighted by Gasteiger charge is -2.13. The molecule has 0 aromatic rings. The fourth-order valence-electron chi connectivity index (χ4n) is 2.67. The number of carbonyl (C=O) groups excluding carboxylic acids is 1. The molecule has 0 aliphatic carbocycles. The standard InChI is InChI=1S/C20H46N6O/c1-18(2)17-25-13-4-3-9-19(22)20(27)26-16-8-15-24-12-6-5-11-23-14-7-10-21/h18-19,23-25H,3-17,21-22H2,1-2H3,(H,26,27). The summed E-state index contributed by atoms with van der Waals surface area (Å²) in [5.74, 6) is 0.657. The van der Waals surface area contributed by atoms with E-state index in [4.69, 9.17) is 11.5 Å². The van der Waals surface area contributed by atoms with E-state index in [1.807, 2.05) is 0 Å². The SMILES string of the molecule is CC(C)CNCCCCC(N)C(=O)NCCCNCCCCNCCCN. The van der Waals surface area contributed by atoms with Crippen LogP contribution >= 0.6 is 0 Å². The van der Waals surface area contributed by atoms with Gasteiger partial charge in [0, 0.05) is 6.54 Å². The van der Waals surface area contributed by atoms with E-state index in [1.54, 1.807) is 0 Å². The van der Waals surface area contributed by atoms with E-state index in [1.165, 1.54) is 12.8 Å². The zero-order valence-corrected chi connectivity index (χ0v) is 17.8. The molecule has 0 aromatic heterocycles. The number of nitrogens with one attached hydrogen (secondary N) is 4. The van der Waals surface area contributed by atoms with Gasteiger partial charge in [0.05, 0.1) is 6.04 Å². The molecule has 0 heterocycles. The number of amides is 1. The Morgan fingerprint density at radius 3 is 1.96 bits per heavy atom. The van der Waals surface area contributed by atoms with Crippen molar-refractivity contribution >= 4 is 5.91 Å². The van der Waals surface area contributed by atoms with Gasteiger partial charge in [-0.3, -0.25) is 4.79 Å². The smallest absolute Gasteiger partial charge is 0.236 e. The molecule has 0 aliphatic heterocycles. The van der Waals surface area contributed by atoms with E-state index in [9.17, 15) is 4.79 Å². The molecule has 0 saturated heterocycles. The molecule has 0 aromatic carbocycles. The second-order valence-corrected chi connectivity index (χ2v) is 7.69. The Balaban J connectivity index is 3.32. The lowest BCUT2D eigenvalue weighted by Crippen LogP contribution is -2.41. The molecule has 8 N–H and O–H groups in total. The predicted molar refractivity (Wildman–Crippen MR) is 116 cm³/mol. The third kappa shape index (κ3) is 19.8. The van der Waals surface area contributed by atoms with Gasteiger partial charge in [0.1, 0.15) is 0 Å². The van der Waals surface area contributed by atoms with Crippen LogP contribution in [0.4, 0.5) is 0 Å². The zero-order valence-electron chi connectivity index (χ0n) is 17.8. The zero-order chi connectivity index (χ0) is 20.2. The summed E-state index contributed by atoms with van der Waals surface area (Å²) in [4.78, 5) is 11.9. The van der Waals surface area contributed by atoms with Gasteiger partial charge in [-0.25, -0.2) is 0 Å². The lowest BCUT2D eigenvalue weighted by molar-refractivity contribution is -0.122. The van der Waals surface area contributed by atoms with Gasteiger partial charge in [-0.2, -0.15) is 0 Å². The minimum Gasteiger partial charge on any atom is -0.355 e. The van der Waals surface area contributed by atoms with Crippen molar-refractivity contribution in [2.24, 2.45) is 17.4 Å². The van der Waals surface area contributed by atoms with Crippen molar-refractivity contribution in [1.29, 1.82) is 0 Å². The van der Waals surface area contributed by atoms with E-state index in [0.29, 0.717) is 12.5 Å². The first-order chi connectivity index (χ1) is 13.1. The van der Waals surface area contributed by atoms with Gasteiger partial charge in [-0.1, -0.05) is 20.3 Å². The van der Waals surface area contributed by atoms with Crippen molar-refractivity contribution in [2.45, 2.75) is 64.8 Å². The fraction of sp³-hybridized carbons (Fsp3) is 0.950. The lowest BCUT2D eigenvalue weighted by atomic mass is 10.1. The normalized spacial score (nSPS) is 12.5. The monoisotopic (exact) mass is 386 g/mol. The first-order valence-electron chi connectivity index (χ1n) is 10.9. The van der Waals surface area contributed by atoms with Gasteiger partial charge < -0.3 is 32.7 Å². The number of unbranched alkanes of at least 4 members (excludes halogenated alkanes) is 2. The second kappa shape index (κ2) is 20.0. The van der Waals surface area contributed by atoms with Crippen LogP contribution in [0.2, 0.25) is 0 Å². The Kier molecular flexibility index (Phi) is 19.5. The highest BCUT2D eigenvalue weighted by molar-refractivity contribution is 5.81. The number of hydrogen-bond acceptors (Lipinski definition) is 6. The highest BCUT2D eigenvalue weighted by Gasteiger charge is 2.11. The van der Waals surface area contributed by atoms with Crippen LogP contribution in [-0.2, 0) is 4.79 Å². The van der Waals surface area contributed by atoms with E-state index in [0.717, 1.165) is 77.9 Å². The molecule has 7 nitrogen and oxygen atoms in total. The van der Waals surface area contributed by atoms with Gasteiger partial charge in [-0.05, 0) is 90.3 Å². The third-order valence-corrected chi connectivity index (χ3v) is 4.35. The molecule has 0 radical (unpaired) electrons. The summed E-state index contributed by atoms with van der Waals surface area (Å²) in [6.07, 6.45) is 7.14. The topological polar surface area (TPSA) is 117 Å². The number of hydrogen-bond donors (Lipinski definition) is 6. The highest BCUT2D eigenvalue weighted by atomic mass is 16.2. The van der Waals surface area contributed by atoms with Crippen molar-refractivity contribution < 1.29 is 4.79 Å². The summed E-state index contributed by atoms with van der Waals surface area (Å²) >= 11 is 0. The van der Waals surface area contributed by atoms with Crippen LogP contribution in [0.3, 0.4) is 0 Å². The van der Waals surface area contributed by atoms with E-state index >= 15 is 0 Å². The van der Waals surface area contributed by atoms with Crippen LogP contribution < -0.4 is 32.7 Å². The minimum atomic E-state index is -0.380. The predicted octanol–water partition coefficient (Wildman–Crippen LogP) is 0.544. The molecule has 0 fully saturated rings. The Morgan fingerprint density at radius 2 is 1.33 bits per heavy atom.